The first-order valence-electron chi connectivity index (χ1n) is 9.44. The highest BCUT2D eigenvalue weighted by Crippen LogP contribution is 2.25. The van der Waals surface area contributed by atoms with Gasteiger partial charge >= 0.3 is 0 Å². The number of nitrogens with zero attached hydrogens (tertiary/aromatic N) is 2. The minimum atomic E-state index is -0.530. The lowest BCUT2D eigenvalue weighted by Crippen LogP contribution is -2.51. The number of aryl methyl sites for hydroxylation is 1. The molecule has 6 heteroatoms. The molecule has 2 atom stereocenters. The number of hydrogen-bond acceptors (Lipinski definition) is 4. The Balaban J connectivity index is 1.56. The van der Waals surface area contributed by atoms with Crippen LogP contribution in [0.15, 0.2) is 24.3 Å². The quantitative estimate of drug-likeness (QED) is 0.844. The van der Waals surface area contributed by atoms with Crippen LogP contribution in [0.2, 0.25) is 0 Å². The van der Waals surface area contributed by atoms with Gasteiger partial charge in [0.05, 0.1) is 12.7 Å². The molecule has 3 rings (SSSR count). The SMILES string of the molecule is Cc1ccccc1C(=O)N1CCC(C(=O)N2CC[C@H](O)[C@H](CO)C2)CC1. The third kappa shape index (κ3) is 3.91. The zero-order valence-electron chi connectivity index (χ0n) is 15.3. The van der Waals surface area contributed by atoms with Crippen molar-refractivity contribution in [3.63, 3.8) is 0 Å². The molecule has 2 saturated heterocycles. The van der Waals surface area contributed by atoms with Crippen LogP contribution < -0.4 is 0 Å². The minimum Gasteiger partial charge on any atom is -0.396 e. The van der Waals surface area contributed by atoms with E-state index in [4.69, 9.17) is 0 Å². The van der Waals surface area contributed by atoms with Gasteiger partial charge in [-0.15, -0.1) is 0 Å². The van der Waals surface area contributed by atoms with E-state index in [-0.39, 0.29) is 30.3 Å². The highest BCUT2D eigenvalue weighted by molar-refractivity contribution is 5.95. The third-order valence-corrected chi connectivity index (χ3v) is 5.75. The number of amides is 2. The summed E-state index contributed by atoms with van der Waals surface area (Å²) in [5.74, 6) is -0.199. The van der Waals surface area contributed by atoms with Crippen LogP contribution in [0.1, 0.15) is 35.2 Å². The molecule has 2 amide bonds. The fourth-order valence-corrected chi connectivity index (χ4v) is 3.97. The predicted octanol–water partition coefficient (Wildman–Crippen LogP) is 1.05. The van der Waals surface area contributed by atoms with Crippen LogP contribution in [0, 0.1) is 18.8 Å². The Labute approximate surface area is 154 Å². The van der Waals surface area contributed by atoms with Gasteiger partial charge < -0.3 is 20.0 Å². The summed E-state index contributed by atoms with van der Waals surface area (Å²) in [4.78, 5) is 29.1. The highest BCUT2D eigenvalue weighted by Gasteiger charge is 2.35. The number of carbonyl (C=O) groups excluding carboxylic acids is 2. The lowest BCUT2D eigenvalue weighted by molar-refractivity contribution is -0.141. The topological polar surface area (TPSA) is 81.1 Å². The van der Waals surface area contributed by atoms with Gasteiger partial charge in [0.15, 0.2) is 0 Å². The van der Waals surface area contributed by atoms with Crippen molar-refractivity contribution in [3.8, 4) is 0 Å². The number of likely N-dealkylation sites (tertiary alicyclic amines) is 2. The maximum absolute atomic E-state index is 12.8. The lowest BCUT2D eigenvalue weighted by atomic mass is 9.91. The molecule has 2 aliphatic rings. The van der Waals surface area contributed by atoms with E-state index in [2.05, 4.69) is 0 Å². The van der Waals surface area contributed by atoms with E-state index in [0.717, 1.165) is 11.1 Å². The predicted molar refractivity (Wildman–Crippen MR) is 97.6 cm³/mol. The van der Waals surface area contributed by atoms with Crippen molar-refractivity contribution >= 4 is 11.8 Å². The molecule has 142 valence electrons. The Hall–Kier alpha value is -1.92. The zero-order chi connectivity index (χ0) is 18.7. The van der Waals surface area contributed by atoms with Gasteiger partial charge in [-0.05, 0) is 37.8 Å². The molecular formula is C20H28N2O4. The summed E-state index contributed by atoms with van der Waals surface area (Å²) in [6.45, 7) is 3.96. The monoisotopic (exact) mass is 360 g/mol. The molecule has 26 heavy (non-hydrogen) atoms. The van der Waals surface area contributed by atoms with Crippen molar-refractivity contribution in [2.24, 2.45) is 11.8 Å². The number of rotatable bonds is 3. The largest absolute Gasteiger partial charge is 0.396 e. The van der Waals surface area contributed by atoms with E-state index in [0.29, 0.717) is 45.4 Å². The number of carbonyl (C=O) groups is 2. The Morgan fingerprint density at radius 1 is 1.08 bits per heavy atom. The van der Waals surface area contributed by atoms with Gasteiger partial charge in [-0.1, -0.05) is 18.2 Å². The third-order valence-electron chi connectivity index (χ3n) is 5.75. The molecule has 6 nitrogen and oxygen atoms in total. The van der Waals surface area contributed by atoms with Crippen molar-refractivity contribution in [2.75, 3.05) is 32.8 Å². The number of aliphatic hydroxyl groups is 2. The average molecular weight is 360 g/mol. The molecule has 2 aliphatic heterocycles. The van der Waals surface area contributed by atoms with Gasteiger partial charge in [0, 0.05) is 43.6 Å². The summed E-state index contributed by atoms with van der Waals surface area (Å²) in [7, 11) is 0. The minimum absolute atomic E-state index is 0.0374. The van der Waals surface area contributed by atoms with Crippen molar-refractivity contribution < 1.29 is 19.8 Å². The molecule has 1 aromatic carbocycles. The molecule has 2 heterocycles. The standard InChI is InChI=1S/C20H28N2O4/c1-14-4-2-3-5-17(14)20(26)21-9-6-15(7-10-21)19(25)22-11-8-18(24)16(12-22)13-23/h2-5,15-16,18,23-24H,6-13H2,1H3/t16-,18-/m0/s1. The van der Waals surface area contributed by atoms with Gasteiger partial charge in [-0.3, -0.25) is 9.59 Å². The number of piperidine rings is 2. The van der Waals surface area contributed by atoms with Crippen molar-refractivity contribution in [1.29, 1.82) is 0 Å². The molecule has 0 aromatic heterocycles. The van der Waals surface area contributed by atoms with E-state index in [9.17, 15) is 19.8 Å². The second kappa shape index (κ2) is 8.18. The van der Waals surface area contributed by atoms with Crippen LogP contribution in [-0.2, 0) is 4.79 Å². The molecule has 0 unspecified atom stereocenters. The van der Waals surface area contributed by atoms with Crippen LogP contribution in [0.25, 0.3) is 0 Å². The zero-order valence-corrected chi connectivity index (χ0v) is 15.3. The van der Waals surface area contributed by atoms with Gasteiger partial charge in [0.2, 0.25) is 5.91 Å². The maximum atomic E-state index is 12.8. The molecule has 0 spiro atoms. The van der Waals surface area contributed by atoms with E-state index in [1.54, 1.807) is 4.90 Å². The Morgan fingerprint density at radius 3 is 2.38 bits per heavy atom. The summed E-state index contributed by atoms with van der Waals surface area (Å²) in [6.07, 6.45) is 1.32. The summed E-state index contributed by atoms with van der Waals surface area (Å²) in [5.41, 5.74) is 1.70. The van der Waals surface area contributed by atoms with Crippen LogP contribution in [0.3, 0.4) is 0 Å². The molecular weight excluding hydrogens is 332 g/mol. The number of hydrogen-bond donors (Lipinski definition) is 2. The summed E-state index contributed by atoms with van der Waals surface area (Å²) < 4.78 is 0. The first kappa shape index (κ1) is 18.9. The fourth-order valence-electron chi connectivity index (χ4n) is 3.97. The number of aliphatic hydroxyl groups excluding tert-OH is 2. The molecule has 0 radical (unpaired) electrons. The highest BCUT2D eigenvalue weighted by atomic mass is 16.3. The Morgan fingerprint density at radius 2 is 1.73 bits per heavy atom. The molecule has 2 N–H and O–H groups in total. The second-order valence-electron chi connectivity index (χ2n) is 7.46. The van der Waals surface area contributed by atoms with E-state index in [1.165, 1.54) is 0 Å². The Bertz CT molecular complexity index is 655. The van der Waals surface area contributed by atoms with E-state index < -0.39 is 6.10 Å². The smallest absolute Gasteiger partial charge is 0.254 e. The van der Waals surface area contributed by atoms with Gasteiger partial charge in [-0.25, -0.2) is 0 Å². The van der Waals surface area contributed by atoms with Crippen molar-refractivity contribution in [1.82, 2.24) is 9.80 Å². The molecule has 1 aromatic rings. The maximum Gasteiger partial charge on any atom is 0.254 e. The lowest BCUT2D eigenvalue weighted by Gasteiger charge is -2.39. The normalized spacial score (nSPS) is 24.6. The molecule has 2 fully saturated rings. The summed E-state index contributed by atoms with van der Waals surface area (Å²) in [6, 6.07) is 7.58. The van der Waals surface area contributed by atoms with Gasteiger partial charge in [-0.2, -0.15) is 0 Å². The first-order chi connectivity index (χ1) is 12.5. The Kier molecular flexibility index (Phi) is 5.94. The van der Waals surface area contributed by atoms with Gasteiger partial charge in [0.25, 0.3) is 5.91 Å². The average Bonchev–Trinajstić information content (AvgIpc) is 2.68. The van der Waals surface area contributed by atoms with Crippen LogP contribution in [0.4, 0.5) is 0 Å². The van der Waals surface area contributed by atoms with Crippen molar-refractivity contribution in [3.05, 3.63) is 35.4 Å². The van der Waals surface area contributed by atoms with Gasteiger partial charge in [0.1, 0.15) is 0 Å². The summed E-state index contributed by atoms with van der Waals surface area (Å²) in [5, 5.41) is 19.2. The van der Waals surface area contributed by atoms with Crippen molar-refractivity contribution in [2.45, 2.75) is 32.3 Å². The van der Waals surface area contributed by atoms with E-state index in [1.807, 2.05) is 36.1 Å². The van der Waals surface area contributed by atoms with Crippen LogP contribution in [0.5, 0.6) is 0 Å². The second-order valence-corrected chi connectivity index (χ2v) is 7.46. The molecule has 0 bridgehead atoms. The van der Waals surface area contributed by atoms with Crippen LogP contribution >= 0.6 is 0 Å². The van der Waals surface area contributed by atoms with E-state index >= 15 is 0 Å². The summed E-state index contributed by atoms with van der Waals surface area (Å²) >= 11 is 0. The fraction of sp³-hybridized carbons (Fsp3) is 0.600. The van der Waals surface area contributed by atoms with Crippen LogP contribution in [-0.4, -0.2) is 70.7 Å². The molecule has 0 saturated carbocycles. The molecule has 0 aliphatic carbocycles. The number of benzene rings is 1. The first-order valence-corrected chi connectivity index (χ1v) is 9.44.